The topological polar surface area (TPSA) is 84.3 Å². The number of piperidine rings is 1. The molecule has 8 heteroatoms. The van der Waals surface area contributed by atoms with E-state index < -0.39 is 10.0 Å². The SMILES string of the molecule is CCn1cnc(S(=O)(=O)N2CCC[C@H](C(=O)NC3CCCC3)C2)c1. The van der Waals surface area contributed by atoms with Crippen molar-refractivity contribution in [3.63, 3.8) is 0 Å². The van der Waals surface area contributed by atoms with Gasteiger partial charge in [0.1, 0.15) is 0 Å². The summed E-state index contributed by atoms with van der Waals surface area (Å²) in [6, 6.07) is 0.268. The van der Waals surface area contributed by atoms with Crippen LogP contribution < -0.4 is 5.32 Å². The number of imidazole rings is 1. The summed E-state index contributed by atoms with van der Waals surface area (Å²) in [4.78, 5) is 16.5. The molecule has 1 aromatic heterocycles. The van der Waals surface area contributed by atoms with E-state index in [1.165, 1.54) is 10.6 Å². The second-order valence-corrected chi connectivity index (χ2v) is 8.62. The molecule has 3 rings (SSSR count). The van der Waals surface area contributed by atoms with Crippen LogP contribution in [0.25, 0.3) is 0 Å². The van der Waals surface area contributed by atoms with Gasteiger partial charge < -0.3 is 9.88 Å². The predicted octanol–water partition coefficient (Wildman–Crippen LogP) is 1.36. The Balaban J connectivity index is 1.66. The molecule has 1 aliphatic heterocycles. The number of carbonyl (C=O) groups is 1. The maximum absolute atomic E-state index is 12.7. The van der Waals surface area contributed by atoms with E-state index in [9.17, 15) is 13.2 Å². The molecule has 0 unspecified atom stereocenters. The number of aryl methyl sites for hydroxylation is 1. The molecule has 2 fully saturated rings. The first-order valence-electron chi connectivity index (χ1n) is 8.83. The highest BCUT2D eigenvalue weighted by Gasteiger charge is 2.35. The number of rotatable bonds is 5. The molecule has 2 heterocycles. The van der Waals surface area contributed by atoms with Gasteiger partial charge in [0.05, 0.1) is 12.2 Å². The number of hydrogen-bond acceptors (Lipinski definition) is 4. The summed E-state index contributed by atoms with van der Waals surface area (Å²) < 4.78 is 28.6. The molecule has 0 radical (unpaired) electrons. The number of sulfonamides is 1. The zero-order chi connectivity index (χ0) is 17.2. The molecule has 7 nitrogen and oxygen atoms in total. The molecule has 1 saturated heterocycles. The quantitative estimate of drug-likeness (QED) is 0.865. The van der Waals surface area contributed by atoms with E-state index in [4.69, 9.17) is 0 Å². The number of nitrogens with zero attached hydrogens (tertiary/aromatic N) is 3. The van der Waals surface area contributed by atoms with Gasteiger partial charge in [-0.15, -0.1) is 0 Å². The lowest BCUT2D eigenvalue weighted by Crippen LogP contribution is -2.47. The van der Waals surface area contributed by atoms with Crippen molar-refractivity contribution in [1.82, 2.24) is 19.2 Å². The molecular weight excluding hydrogens is 328 g/mol. The molecule has 1 amide bonds. The first kappa shape index (κ1) is 17.4. The first-order chi connectivity index (χ1) is 11.5. The zero-order valence-corrected chi connectivity index (χ0v) is 15.0. The number of nitrogens with one attached hydrogen (secondary N) is 1. The second-order valence-electron chi connectivity index (χ2n) is 6.73. The second kappa shape index (κ2) is 7.23. The number of carbonyl (C=O) groups excluding carboxylic acids is 1. The summed E-state index contributed by atoms with van der Waals surface area (Å²) in [7, 11) is -3.62. The summed E-state index contributed by atoms with van der Waals surface area (Å²) >= 11 is 0. The van der Waals surface area contributed by atoms with Gasteiger partial charge in [-0.25, -0.2) is 13.4 Å². The lowest BCUT2D eigenvalue weighted by molar-refractivity contribution is -0.126. The molecule has 1 atom stereocenters. The summed E-state index contributed by atoms with van der Waals surface area (Å²) in [5, 5.41) is 3.16. The van der Waals surface area contributed by atoms with E-state index in [0.29, 0.717) is 19.5 Å². The molecule has 0 aromatic carbocycles. The molecule has 1 aliphatic carbocycles. The fourth-order valence-electron chi connectivity index (χ4n) is 3.54. The van der Waals surface area contributed by atoms with E-state index in [1.54, 1.807) is 10.8 Å². The minimum Gasteiger partial charge on any atom is -0.353 e. The molecule has 1 saturated carbocycles. The summed E-state index contributed by atoms with van der Waals surface area (Å²) in [5.41, 5.74) is 0. The van der Waals surface area contributed by atoms with Gasteiger partial charge in [-0.1, -0.05) is 12.8 Å². The standard InChI is InChI=1S/C16H26N4O3S/c1-2-19-11-15(17-12-19)24(22,23)20-9-5-6-13(10-20)16(21)18-14-7-3-4-8-14/h11-14H,2-10H2,1H3,(H,18,21)/t13-/m0/s1. The molecule has 1 N–H and O–H groups in total. The highest BCUT2D eigenvalue weighted by molar-refractivity contribution is 7.89. The van der Waals surface area contributed by atoms with Gasteiger partial charge in [0.2, 0.25) is 5.91 Å². The van der Waals surface area contributed by atoms with Crippen LogP contribution in [0.3, 0.4) is 0 Å². The highest BCUT2D eigenvalue weighted by Crippen LogP contribution is 2.24. The van der Waals surface area contributed by atoms with Crippen LogP contribution in [0.15, 0.2) is 17.6 Å². The van der Waals surface area contributed by atoms with Crippen LogP contribution in [0.2, 0.25) is 0 Å². The van der Waals surface area contributed by atoms with Gasteiger partial charge in [0.15, 0.2) is 5.03 Å². The van der Waals surface area contributed by atoms with Crippen LogP contribution in [0, 0.1) is 5.92 Å². The summed E-state index contributed by atoms with van der Waals surface area (Å²) in [6.45, 7) is 3.31. The third-order valence-electron chi connectivity index (χ3n) is 5.04. The van der Waals surface area contributed by atoms with Crippen molar-refractivity contribution in [3.8, 4) is 0 Å². The zero-order valence-electron chi connectivity index (χ0n) is 14.1. The average molecular weight is 354 g/mol. The Morgan fingerprint density at radius 1 is 1.29 bits per heavy atom. The van der Waals surface area contributed by atoms with Gasteiger partial charge in [-0.05, 0) is 32.6 Å². The van der Waals surface area contributed by atoms with Gasteiger partial charge >= 0.3 is 0 Å². The van der Waals surface area contributed by atoms with Crippen molar-refractivity contribution in [1.29, 1.82) is 0 Å². The van der Waals surface area contributed by atoms with Gasteiger partial charge in [-0.2, -0.15) is 4.31 Å². The van der Waals surface area contributed by atoms with Crippen LogP contribution in [-0.2, 0) is 21.4 Å². The van der Waals surface area contributed by atoms with Crippen molar-refractivity contribution in [2.45, 2.75) is 63.1 Å². The molecular formula is C16H26N4O3S. The third-order valence-corrected chi connectivity index (χ3v) is 6.79. The van der Waals surface area contributed by atoms with Crippen molar-refractivity contribution in [2.24, 2.45) is 5.92 Å². The Hall–Kier alpha value is -1.41. The van der Waals surface area contributed by atoms with Crippen LogP contribution in [0.4, 0.5) is 0 Å². The van der Waals surface area contributed by atoms with Gasteiger partial charge in [0.25, 0.3) is 10.0 Å². The lowest BCUT2D eigenvalue weighted by atomic mass is 9.98. The van der Waals surface area contributed by atoms with Crippen LogP contribution in [0.5, 0.6) is 0 Å². The van der Waals surface area contributed by atoms with E-state index in [-0.39, 0.29) is 29.4 Å². The van der Waals surface area contributed by atoms with Crippen LogP contribution in [-0.4, -0.2) is 47.3 Å². The Morgan fingerprint density at radius 3 is 2.71 bits per heavy atom. The Labute approximate surface area is 143 Å². The fourth-order valence-corrected chi connectivity index (χ4v) is 5.00. The normalized spacial score (nSPS) is 23.5. The molecule has 1 aromatic rings. The van der Waals surface area contributed by atoms with E-state index in [1.807, 2.05) is 6.92 Å². The largest absolute Gasteiger partial charge is 0.353 e. The Kier molecular flexibility index (Phi) is 5.24. The molecule has 0 spiro atoms. The fraction of sp³-hybridized carbons (Fsp3) is 0.750. The highest BCUT2D eigenvalue weighted by atomic mass is 32.2. The number of hydrogen-bond donors (Lipinski definition) is 1. The van der Waals surface area contributed by atoms with Crippen LogP contribution >= 0.6 is 0 Å². The smallest absolute Gasteiger partial charge is 0.262 e. The maximum atomic E-state index is 12.7. The predicted molar refractivity (Wildman–Crippen MR) is 89.8 cm³/mol. The lowest BCUT2D eigenvalue weighted by Gasteiger charge is -2.31. The summed E-state index contributed by atoms with van der Waals surface area (Å²) in [5.74, 6) is -0.261. The third kappa shape index (κ3) is 3.64. The van der Waals surface area contributed by atoms with Crippen molar-refractivity contribution >= 4 is 15.9 Å². The van der Waals surface area contributed by atoms with E-state index in [2.05, 4.69) is 10.3 Å². The molecule has 2 aliphatic rings. The van der Waals surface area contributed by atoms with Gasteiger partial charge in [0, 0.05) is 31.9 Å². The average Bonchev–Trinajstić information content (AvgIpc) is 3.26. The van der Waals surface area contributed by atoms with Gasteiger partial charge in [-0.3, -0.25) is 4.79 Å². The van der Waals surface area contributed by atoms with Crippen molar-refractivity contribution < 1.29 is 13.2 Å². The minimum atomic E-state index is -3.62. The summed E-state index contributed by atoms with van der Waals surface area (Å²) in [6.07, 6.45) is 8.93. The first-order valence-corrected chi connectivity index (χ1v) is 10.3. The monoisotopic (exact) mass is 354 g/mol. The number of aromatic nitrogens is 2. The molecule has 134 valence electrons. The number of amides is 1. The molecule has 24 heavy (non-hydrogen) atoms. The Bertz CT molecular complexity index is 679. The maximum Gasteiger partial charge on any atom is 0.262 e. The Morgan fingerprint density at radius 2 is 2.04 bits per heavy atom. The minimum absolute atomic E-state index is 0.000822. The van der Waals surface area contributed by atoms with Crippen molar-refractivity contribution in [3.05, 3.63) is 12.5 Å². The van der Waals surface area contributed by atoms with Crippen LogP contribution in [0.1, 0.15) is 45.4 Å². The van der Waals surface area contributed by atoms with Crippen molar-refractivity contribution in [2.75, 3.05) is 13.1 Å². The van der Waals surface area contributed by atoms with E-state index in [0.717, 1.165) is 32.1 Å². The molecule has 0 bridgehead atoms. The van der Waals surface area contributed by atoms with E-state index >= 15 is 0 Å².